The molecular weight excluding hydrogens is 438 g/mol. The second-order valence-electron chi connectivity index (χ2n) is 6.41. The Kier molecular flexibility index (Phi) is 7.77. The fourth-order valence-electron chi connectivity index (χ4n) is 2.46. The van der Waals surface area contributed by atoms with Crippen LogP contribution in [0.25, 0.3) is 0 Å². The summed E-state index contributed by atoms with van der Waals surface area (Å²) in [5.41, 5.74) is 4.02. The Morgan fingerprint density at radius 2 is 1.65 bits per heavy atom. The largest absolute Gasteiger partial charge is 0.489 e. The molecule has 7 nitrogen and oxygen atoms in total. The van der Waals surface area contributed by atoms with Gasteiger partial charge in [0, 0.05) is 5.02 Å². The molecule has 0 bridgehead atoms. The van der Waals surface area contributed by atoms with E-state index in [1.165, 1.54) is 18.3 Å². The van der Waals surface area contributed by atoms with Crippen LogP contribution >= 0.6 is 11.6 Å². The molecule has 9 heteroatoms. The number of halogens is 1. The van der Waals surface area contributed by atoms with E-state index < -0.39 is 22.5 Å². The Labute approximate surface area is 185 Å². The van der Waals surface area contributed by atoms with E-state index >= 15 is 0 Å². The molecule has 0 aliphatic heterocycles. The minimum absolute atomic E-state index is 0.0877. The summed E-state index contributed by atoms with van der Waals surface area (Å²) in [6, 6.07) is 22.3. The van der Waals surface area contributed by atoms with Crippen molar-refractivity contribution in [2.45, 2.75) is 11.5 Å². The Morgan fingerprint density at radius 1 is 0.968 bits per heavy atom. The summed E-state index contributed by atoms with van der Waals surface area (Å²) in [5, 5.41) is 4.51. The standard InChI is InChI=1S/C22H20ClN3O4S/c23-19-10-6-18(7-11-19)16-30-20-12-8-17(9-13-20)14-24-26-22(27)15-25-31(28,29)21-4-2-1-3-5-21/h1-14,25H,15-16H2,(H,26,27). The monoisotopic (exact) mass is 457 g/mol. The molecule has 160 valence electrons. The lowest BCUT2D eigenvalue weighted by Crippen LogP contribution is -2.34. The molecule has 0 aliphatic rings. The van der Waals surface area contributed by atoms with Crippen LogP contribution in [0.15, 0.2) is 88.9 Å². The van der Waals surface area contributed by atoms with Crippen molar-refractivity contribution in [3.8, 4) is 5.75 Å². The topological polar surface area (TPSA) is 96.9 Å². The number of hydrogen-bond acceptors (Lipinski definition) is 5. The number of sulfonamides is 1. The summed E-state index contributed by atoms with van der Waals surface area (Å²) in [7, 11) is -3.75. The maximum Gasteiger partial charge on any atom is 0.255 e. The molecular formula is C22H20ClN3O4S. The number of benzene rings is 3. The quantitative estimate of drug-likeness (QED) is 0.380. The smallest absolute Gasteiger partial charge is 0.255 e. The third-order valence-electron chi connectivity index (χ3n) is 4.08. The summed E-state index contributed by atoms with van der Waals surface area (Å²) >= 11 is 5.86. The van der Waals surface area contributed by atoms with Crippen LogP contribution in [0.5, 0.6) is 5.75 Å². The second kappa shape index (κ2) is 10.7. The van der Waals surface area contributed by atoms with Crippen LogP contribution in [0.2, 0.25) is 5.02 Å². The molecule has 0 aliphatic carbocycles. The summed E-state index contributed by atoms with van der Waals surface area (Å²) in [6.07, 6.45) is 1.45. The number of nitrogens with one attached hydrogen (secondary N) is 2. The van der Waals surface area contributed by atoms with Crippen LogP contribution in [0.4, 0.5) is 0 Å². The Morgan fingerprint density at radius 3 is 2.32 bits per heavy atom. The zero-order valence-corrected chi connectivity index (χ0v) is 17.9. The first-order valence-electron chi connectivity index (χ1n) is 9.26. The van der Waals surface area contributed by atoms with Gasteiger partial charge in [0.1, 0.15) is 12.4 Å². The van der Waals surface area contributed by atoms with Crippen molar-refractivity contribution in [3.63, 3.8) is 0 Å². The number of hydrazone groups is 1. The minimum atomic E-state index is -3.75. The van der Waals surface area contributed by atoms with E-state index in [1.54, 1.807) is 54.6 Å². The fraction of sp³-hybridized carbons (Fsp3) is 0.0909. The zero-order chi connectivity index (χ0) is 22.1. The molecule has 0 saturated heterocycles. The highest BCUT2D eigenvalue weighted by molar-refractivity contribution is 7.89. The Hall–Kier alpha value is -3.20. The number of carbonyl (C=O) groups is 1. The van der Waals surface area contributed by atoms with Crippen molar-refractivity contribution in [1.29, 1.82) is 0 Å². The van der Waals surface area contributed by atoms with E-state index in [4.69, 9.17) is 16.3 Å². The van der Waals surface area contributed by atoms with Crippen LogP contribution < -0.4 is 14.9 Å². The molecule has 31 heavy (non-hydrogen) atoms. The third-order valence-corrected chi connectivity index (χ3v) is 5.75. The third kappa shape index (κ3) is 7.21. The molecule has 0 heterocycles. The number of nitrogens with zero attached hydrogens (tertiary/aromatic N) is 1. The first-order valence-corrected chi connectivity index (χ1v) is 11.1. The predicted molar refractivity (Wildman–Crippen MR) is 120 cm³/mol. The predicted octanol–water partition coefficient (Wildman–Crippen LogP) is 3.35. The first kappa shape index (κ1) is 22.5. The van der Waals surface area contributed by atoms with Crippen LogP contribution in [0.1, 0.15) is 11.1 Å². The number of hydrogen-bond donors (Lipinski definition) is 2. The molecule has 3 rings (SSSR count). The van der Waals surface area contributed by atoms with Crippen molar-refractivity contribution in [3.05, 3.63) is 95.0 Å². The normalized spacial score (nSPS) is 11.4. The minimum Gasteiger partial charge on any atom is -0.489 e. The zero-order valence-electron chi connectivity index (χ0n) is 16.4. The van der Waals surface area contributed by atoms with E-state index in [0.717, 1.165) is 11.1 Å². The molecule has 0 unspecified atom stereocenters. The SMILES string of the molecule is O=C(CNS(=O)(=O)c1ccccc1)NN=Cc1ccc(OCc2ccc(Cl)cc2)cc1. The van der Waals surface area contributed by atoms with Crippen molar-refractivity contribution in [2.24, 2.45) is 5.10 Å². The van der Waals surface area contributed by atoms with Gasteiger partial charge < -0.3 is 4.74 Å². The number of carbonyl (C=O) groups excluding carboxylic acids is 1. The van der Waals surface area contributed by atoms with Crippen LogP contribution in [0, 0.1) is 0 Å². The van der Waals surface area contributed by atoms with Crippen molar-refractivity contribution >= 4 is 33.7 Å². The van der Waals surface area contributed by atoms with Gasteiger partial charge in [-0.25, -0.2) is 18.6 Å². The summed E-state index contributed by atoms with van der Waals surface area (Å²) in [4.78, 5) is 11.9. The van der Waals surface area contributed by atoms with Gasteiger partial charge in [-0.2, -0.15) is 5.10 Å². The lowest BCUT2D eigenvalue weighted by Gasteiger charge is -2.07. The maximum atomic E-state index is 12.1. The van der Waals surface area contributed by atoms with Crippen LogP contribution in [-0.2, 0) is 21.4 Å². The van der Waals surface area contributed by atoms with Gasteiger partial charge in [0.05, 0.1) is 17.7 Å². The number of amides is 1. The molecule has 0 saturated carbocycles. The molecule has 0 aromatic heterocycles. The molecule has 0 spiro atoms. The summed E-state index contributed by atoms with van der Waals surface area (Å²) in [5.74, 6) is 0.102. The van der Waals surface area contributed by atoms with Crippen molar-refractivity contribution in [2.75, 3.05) is 6.54 Å². The molecule has 3 aromatic carbocycles. The van der Waals surface area contributed by atoms with Gasteiger partial charge in [-0.1, -0.05) is 41.9 Å². The summed E-state index contributed by atoms with van der Waals surface area (Å²) < 4.78 is 32.1. The van der Waals surface area contributed by atoms with E-state index in [-0.39, 0.29) is 4.90 Å². The molecule has 1 amide bonds. The van der Waals surface area contributed by atoms with E-state index in [1.807, 2.05) is 12.1 Å². The fourth-order valence-corrected chi connectivity index (χ4v) is 3.59. The molecule has 0 radical (unpaired) electrons. The van der Waals surface area contributed by atoms with E-state index in [2.05, 4.69) is 15.2 Å². The van der Waals surface area contributed by atoms with E-state index in [0.29, 0.717) is 17.4 Å². The van der Waals surface area contributed by atoms with Gasteiger partial charge in [-0.05, 0) is 59.7 Å². The lowest BCUT2D eigenvalue weighted by molar-refractivity contribution is -0.119. The van der Waals surface area contributed by atoms with Gasteiger partial charge in [0.25, 0.3) is 5.91 Å². The highest BCUT2D eigenvalue weighted by Crippen LogP contribution is 2.15. The average Bonchev–Trinajstić information content (AvgIpc) is 2.79. The van der Waals surface area contributed by atoms with Gasteiger partial charge >= 0.3 is 0 Å². The number of ether oxygens (including phenoxy) is 1. The molecule has 2 N–H and O–H groups in total. The Balaban J connectivity index is 1.44. The molecule has 0 atom stereocenters. The maximum absolute atomic E-state index is 12.1. The van der Waals surface area contributed by atoms with Crippen molar-refractivity contribution in [1.82, 2.24) is 10.1 Å². The molecule has 0 fully saturated rings. The number of rotatable bonds is 9. The first-order chi connectivity index (χ1) is 14.9. The Bertz CT molecular complexity index is 1130. The lowest BCUT2D eigenvalue weighted by atomic mass is 10.2. The highest BCUT2D eigenvalue weighted by Gasteiger charge is 2.14. The van der Waals surface area contributed by atoms with Gasteiger partial charge in [-0.15, -0.1) is 0 Å². The van der Waals surface area contributed by atoms with Crippen LogP contribution in [-0.4, -0.2) is 27.1 Å². The average molecular weight is 458 g/mol. The van der Waals surface area contributed by atoms with Gasteiger partial charge in [-0.3, -0.25) is 4.79 Å². The van der Waals surface area contributed by atoms with Gasteiger partial charge in [0.2, 0.25) is 10.0 Å². The second-order valence-corrected chi connectivity index (χ2v) is 8.62. The highest BCUT2D eigenvalue weighted by atomic mass is 35.5. The summed E-state index contributed by atoms with van der Waals surface area (Å²) in [6.45, 7) is -0.00834. The van der Waals surface area contributed by atoms with Gasteiger partial charge in [0.15, 0.2) is 0 Å². The molecule has 3 aromatic rings. The van der Waals surface area contributed by atoms with E-state index in [9.17, 15) is 13.2 Å². The van der Waals surface area contributed by atoms with Crippen molar-refractivity contribution < 1.29 is 17.9 Å². The van der Waals surface area contributed by atoms with Crippen LogP contribution in [0.3, 0.4) is 0 Å².